The van der Waals surface area contributed by atoms with Crippen molar-refractivity contribution in [3.05, 3.63) is 29.3 Å². The third kappa shape index (κ3) is 6.77. The Morgan fingerprint density at radius 3 is 2.65 bits per heavy atom. The van der Waals surface area contributed by atoms with Crippen molar-refractivity contribution >= 4 is 35.3 Å². The van der Waals surface area contributed by atoms with E-state index in [-0.39, 0.29) is 17.2 Å². The van der Waals surface area contributed by atoms with Crippen molar-refractivity contribution in [2.75, 3.05) is 42.8 Å². The molecule has 0 radical (unpaired) electrons. The average molecular weight is 471 g/mol. The summed E-state index contributed by atoms with van der Waals surface area (Å²) < 4.78 is 0. The molecule has 1 aromatic heterocycles. The van der Waals surface area contributed by atoms with Crippen LogP contribution in [0.3, 0.4) is 0 Å². The molecule has 4 N–H and O–H groups in total. The molecular formula is C23H34N8O3. The Kier molecular flexibility index (Phi) is 7.87. The molecule has 2 amide bonds. The Morgan fingerprint density at radius 1 is 1.24 bits per heavy atom. The smallest absolute Gasteiger partial charge is 0.274 e. The van der Waals surface area contributed by atoms with Crippen LogP contribution >= 0.6 is 0 Å². The first-order valence-electron chi connectivity index (χ1n) is 11.3. The number of aromatic nitrogens is 3. The minimum Gasteiger partial charge on any atom is -0.354 e. The lowest BCUT2D eigenvalue weighted by Crippen LogP contribution is -2.44. The zero-order valence-electron chi connectivity index (χ0n) is 20.7. The van der Waals surface area contributed by atoms with Gasteiger partial charge in [0.15, 0.2) is 0 Å². The van der Waals surface area contributed by atoms with E-state index >= 15 is 0 Å². The molecule has 2 aromatic rings. The summed E-state index contributed by atoms with van der Waals surface area (Å²) in [7, 11) is 3.30. The number of nitrogens with zero attached hydrogens (tertiary/aromatic N) is 4. The van der Waals surface area contributed by atoms with Gasteiger partial charge in [-0.3, -0.25) is 14.4 Å². The molecule has 1 aliphatic heterocycles. The molecule has 11 nitrogen and oxygen atoms in total. The van der Waals surface area contributed by atoms with Crippen LogP contribution in [-0.4, -0.2) is 60.1 Å². The number of anilines is 4. The van der Waals surface area contributed by atoms with E-state index < -0.39 is 6.04 Å². The minimum atomic E-state index is -0.410. The van der Waals surface area contributed by atoms with Gasteiger partial charge in [-0.2, -0.15) is 15.0 Å². The number of rotatable bonds is 8. The first kappa shape index (κ1) is 25.2. The highest BCUT2D eigenvalue weighted by atomic mass is 16.6. The summed E-state index contributed by atoms with van der Waals surface area (Å²) in [6, 6.07) is 4.83. The predicted octanol–water partition coefficient (Wildman–Crippen LogP) is 2.39. The molecule has 0 spiro atoms. The number of nitrogens with one attached hydrogen (secondary N) is 4. The molecule has 0 saturated carbocycles. The van der Waals surface area contributed by atoms with E-state index in [1.165, 1.54) is 7.11 Å². The second-order valence-corrected chi connectivity index (χ2v) is 9.62. The fraction of sp³-hybridized carbons (Fsp3) is 0.522. The molecule has 1 atom stereocenters. The number of carbonyl (C=O) groups excluding carboxylic acids is 2. The number of benzene rings is 1. The molecule has 1 aromatic carbocycles. The zero-order chi connectivity index (χ0) is 24.9. The Hall–Kier alpha value is -3.47. The van der Waals surface area contributed by atoms with Crippen LogP contribution in [0, 0.1) is 12.3 Å². The highest BCUT2D eigenvalue weighted by Crippen LogP contribution is 2.24. The number of amides is 2. The van der Waals surface area contributed by atoms with Crippen molar-refractivity contribution in [1.29, 1.82) is 0 Å². The maximum Gasteiger partial charge on any atom is 0.274 e. The van der Waals surface area contributed by atoms with E-state index in [0.717, 1.165) is 12.0 Å². The van der Waals surface area contributed by atoms with Gasteiger partial charge >= 0.3 is 0 Å². The highest BCUT2D eigenvalue weighted by molar-refractivity contribution is 5.94. The Balaban J connectivity index is 1.94. The second kappa shape index (κ2) is 10.6. The number of hydroxylamine groups is 1. The van der Waals surface area contributed by atoms with Gasteiger partial charge < -0.3 is 20.9 Å². The van der Waals surface area contributed by atoms with Gasteiger partial charge in [0.25, 0.3) is 5.91 Å². The SMILES string of the molecule is CONC(=O)c1ccc(C)c(Nc2nc(N[C@@H]3CCCNC3=O)nc(N(C)CC(C)(C)C)n2)c1. The maximum atomic E-state index is 12.3. The zero-order valence-corrected chi connectivity index (χ0v) is 20.7. The van der Waals surface area contributed by atoms with Crippen LogP contribution in [0.5, 0.6) is 0 Å². The summed E-state index contributed by atoms with van der Waals surface area (Å²) in [6.07, 6.45) is 1.58. The molecule has 1 fully saturated rings. The van der Waals surface area contributed by atoms with Crippen molar-refractivity contribution in [1.82, 2.24) is 25.7 Å². The summed E-state index contributed by atoms with van der Waals surface area (Å²) in [6.45, 7) is 9.71. The molecule has 0 bridgehead atoms. The van der Waals surface area contributed by atoms with Gasteiger partial charge in [0, 0.05) is 31.4 Å². The minimum absolute atomic E-state index is 0.0193. The molecule has 0 unspecified atom stereocenters. The second-order valence-electron chi connectivity index (χ2n) is 9.62. The van der Waals surface area contributed by atoms with Crippen molar-refractivity contribution in [2.24, 2.45) is 5.41 Å². The van der Waals surface area contributed by atoms with Crippen LogP contribution < -0.4 is 26.3 Å². The van der Waals surface area contributed by atoms with Crippen LogP contribution in [0.4, 0.5) is 23.5 Å². The van der Waals surface area contributed by atoms with Crippen LogP contribution in [0.1, 0.15) is 49.5 Å². The van der Waals surface area contributed by atoms with Gasteiger partial charge in [0.05, 0.1) is 7.11 Å². The number of carbonyl (C=O) groups is 2. The molecule has 11 heteroatoms. The summed E-state index contributed by atoms with van der Waals surface area (Å²) in [5.74, 6) is 0.645. The van der Waals surface area contributed by atoms with Gasteiger partial charge in [-0.05, 0) is 42.9 Å². The fourth-order valence-electron chi connectivity index (χ4n) is 3.67. The number of hydrogen-bond donors (Lipinski definition) is 4. The highest BCUT2D eigenvalue weighted by Gasteiger charge is 2.24. The lowest BCUT2D eigenvalue weighted by atomic mass is 9.96. The summed E-state index contributed by atoms with van der Waals surface area (Å²) >= 11 is 0. The quantitative estimate of drug-likeness (QED) is 0.429. The molecule has 184 valence electrons. The molecule has 2 heterocycles. The van der Waals surface area contributed by atoms with Gasteiger partial charge in [-0.1, -0.05) is 26.8 Å². The van der Waals surface area contributed by atoms with E-state index in [2.05, 4.69) is 57.2 Å². The predicted molar refractivity (Wildman–Crippen MR) is 131 cm³/mol. The topological polar surface area (TPSA) is 133 Å². The van der Waals surface area contributed by atoms with Gasteiger partial charge in [-0.15, -0.1) is 0 Å². The molecule has 3 rings (SSSR count). The monoisotopic (exact) mass is 470 g/mol. The van der Waals surface area contributed by atoms with Gasteiger partial charge in [0.1, 0.15) is 6.04 Å². The molecule has 1 aliphatic rings. The van der Waals surface area contributed by atoms with Gasteiger partial charge in [0.2, 0.25) is 23.8 Å². The van der Waals surface area contributed by atoms with Crippen molar-refractivity contribution in [3.8, 4) is 0 Å². The third-order valence-electron chi connectivity index (χ3n) is 5.21. The Morgan fingerprint density at radius 2 is 1.97 bits per heavy atom. The maximum absolute atomic E-state index is 12.3. The van der Waals surface area contributed by atoms with Crippen LogP contribution in [0.25, 0.3) is 0 Å². The van der Waals surface area contributed by atoms with Crippen LogP contribution in [0.2, 0.25) is 0 Å². The van der Waals surface area contributed by atoms with Gasteiger partial charge in [-0.25, -0.2) is 5.48 Å². The van der Waals surface area contributed by atoms with E-state index in [1.54, 1.807) is 12.1 Å². The first-order chi connectivity index (χ1) is 16.1. The molecule has 34 heavy (non-hydrogen) atoms. The normalized spacial score (nSPS) is 15.9. The Bertz CT molecular complexity index is 1040. The van der Waals surface area contributed by atoms with Crippen LogP contribution in [0.15, 0.2) is 18.2 Å². The summed E-state index contributed by atoms with van der Waals surface area (Å²) in [5.41, 5.74) is 4.33. The van der Waals surface area contributed by atoms with E-state index in [1.807, 2.05) is 24.9 Å². The number of aryl methyl sites for hydroxylation is 1. The lowest BCUT2D eigenvalue weighted by Gasteiger charge is -2.27. The molecular weight excluding hydrogens is 436 g/mol. The molecule has 1 saturated heterocycles. The largest absolute Gasteiger partial charge is 0.354 e. The standard InChI is InChI=1S/C23H34N8O3/c1-14-9-10-15(18(32)30-34-6)12-17(14)26-21-27-20(25-16-8-7-11-24-19(16)33)28-22(29-21)31(5)13-23(2,3)4/h9-10,12,16H,7-8,11,13H2,1-6H3,(H,24,33)(H,30,32)(H2,25,26,27,28,29)/t16-/m1/s1. The van der Waals surface area contributed by atoms with Crippen molar-refractivity contribution in [3.63, 3.8) is 0 Å². The third-order valence-corrected chi connectivity index (χ3v) is 5.21. The van der Waals surface area contributed by atoms with Crippen LogP contribution in [-0.2, 0) is 9.63 Å². The number of piperidine rings is 1. The van der Waals surface area contributed by atoms with E-state index in [0.29, 0.717) is 48.6 Å². The fourth-order valence-corrected chi connectivity index (χ4v) is 3.67. The Labute approximate surface area is 200 Å². The van der Waals surface area contributed by atoms with Crippen molar-refractivity contribution < 1.29 is 14.4 Å². The summed E-state index contributed by atoms with van der Waals surface area (Å²) in [5, 5.41) is 9.22. The average Bonchev–Trinajstić information content (AvgIpc) is 2.76. The summed E-state index contributed by atoms with van der Waals surface area (Å²) in [4.78, 5) is 44.8. The molecule has 0 aliphatic carbocycles. The van der Waals surface area contributed by atoms with E-state index in [4.69, 9.17) is 4.84 Å². The first-order valence-corrected chi connectivity index (χ1v) is 11.3. The lowest BCUT2D eigenvalue weighted by molar-refractivity contribution is -0.123. The van der Waals surface area contributed by atoms with E-state index in [9.17, 15) is 9.59 Å². The number of hydrogen-bond acceptors (Lipinski definition) is 9. The van der Waals surface area contributed by atoms with Crippen molar-refractivity contribution in [2.45, 2.75) is 46.6 Å².